The Hall–Kier alpha value is -2.48. The molecular weight excluding hydrogens is 328 g/mol. The lowest BCUT2D eigenvalue weighted by atomic mass is 10.2. The Morgan fingerprint density at radius 3 is 2.90 bits per heavy atom. The van der Waals surface area contributed by atoms with Crippen LogP contribution in [0.15, 0.2) is 49.9 Å². The average Bonchev–Trinajstić information content (AvgIpc) is 3.10. The van der Waals surface area contributed by atoms with Gasteiger partial charge < -0.3 is 8.94 Å². The van der Waals surface area contributed by atoms with Crippen molar-refractivity contribution in [2.24, 2.45) is 0 Å². The van der Waals surface area contributed by atoms with Crippen LogP contribution in [0.2, 0.25) is 0 Å². The number of amides is 1. The van der Waals surface area contributed by atoms with Crippen molar-refractivity contribution in [2.75, 3.05) is 5.32 Å². The highest BCUT2D eigenvalue weighted by Gasteiger charge is 2.15. The first-order valence-electron chi connectivity index (χ1n) is 5.54. The van der Waals surface area contributed by atoms with Gasteiger partial charge in [-0.1, -0.05) is 32.3 Å². The maximum Gasteiger partial charge on any atom is 0.322 e. The molecule has 0 aliphatic carbocycles. The number of benzene rings is 1. The van der Waals surface area contributed by atoms with Crippen molar-refractivity contribution >= 4 is 27.9 Å². The molecule has 0 aliphatic rings. The first-order valence-corrected chi connectivity index (χ1v) is 6.33. The summed E-state index contributed by atoms with van der Waals surface area (Å²) >= 11 is 3.35. The molecule has 0 saturated carbocycles. The summed E-state index contributed by atoms with van der Waals surface area (Å²) in [6.07, 6.45) is 1.37. The van der Waals surface area contributed by atoms with Gasteiger partial charge in [-0.05, 0) is 18.2 Å². The van der Waals surface area contributed by atoms with Gasteiger partial charge in [0, 0.05) is 16.1 Å². The van der Waals surface area contributed by atoms with Crippen LogP contribution in [0.25, 0.3) is 11.5 Å². The van der Waals surface area contributed by atoms with Gasteiger partial charge in [0.05, 0.1) is 6.20 Å². The van der Waals surface area contributed by atoms with Crippen LogP contribution in [0.1, 0.15) is 10.6 Å². The minimum absolute atomic E-state index is 0.0126. The third-order valence-corrected chi connectivity index (χ3v) is 2.87. The minimum atomic E-state index is -0.507. The third kappa shape index (κ3) is 2.59. The van der Waals surface area contributed by atoms with Crippen molar-refractivity contribution in [1.29, 1.82) is 0 Å². The quantitative estimate of drug-likeness (QED) is 0.791. The van der Waals surface area contributed by atoms with Gasteiger partial charge in [0.15, 0.2) is 0 Å². The van der Waals surface area contributed by atoms with Gasteiger partial charge in [-0.15, -0.1) is 5.10 Å². The predicted octanol–water partition coefficient (Wildman–Crippen LogP) is 2.74. The Balaban J connectivity index is 1.79. The number of nitrogens with one attached hydrogen (secondary N) is 1. The zero-order valence-electron chi connectivity index (χ0n) is 9.91. The molecule has 0 atom stereocenters. The fraction of sp³-hybridized carbons (Fsp3) is 0. The van der Waals surface area contributed by atoms with Gasteiger partial charge in [0.1, 0.15) is 0 Å². The standard InChI is InChI=1S/C12H7BrN4O3/c13-8-3-1-2-7(6-8)11-16-17-12(19-11)15-10(18)9-4-5-14-20-9/h1-6H,(H,15,17,18). The number of carbonyl (C=O) groups is 1. The summed E-state index contributed by atoms with van der Waals surface area (Å²) in [6, 6.07) is 8.79. The van der Waals surface area contributed by atoms with Crippen molar-refractivity contribution in [3.8, 4) is 11.5 Å². The van der Waals surface area contributed by atoms with E-state index in [4.69, 9.17) is 8.94 Å². The molecule has 20 heavy (non-hydrogen) atoms. The van der Waals surface area contributed by atoms with E-state index in [1.165, 1.54) is 12.3 Å². The predicted molar refractivity (Wildman–Crippen MR) is 71.9 cm³/mol. The van der Waals surface area contributed by atoms with Gasteiger partial charge in [0.2, 0.25) is 11.7 Å². The highest BCUT2D eigenvalue weighted by atomic mass is 79.9. The van der Waals surface area contributed by atoms with Gasteiger partial charge in [-0.2, -0.15) is 0 Å². The molecule has 0 radical (unpaired) electrons. The Bertz CT molecular complexity index is 739. The van der Waals surface area contributed by atoms with Crippen molar-refractivity contribution in [3.05, 3.63) is 46.8 Å². The fourth-order valence-electron chi connectivity index (χ4n) is 1.50. The maximum atomic E-state index is 11.7. The third-order valence-electron chi connectivity index (χ3n) is 2.38. The second kappa shape index (κ2) is 5.25. The Morgan fingerprint density at radius 2 is 2.15 bits per heavy atom. The van der Waals surface area contributed by atoms with E-state index in [1.807, 2.05) is 24.3 Å². The van der Waals surface area contributed by atoms with E-state index in [-0.39, 0.29) is 11.8 Å². The molecule has 1 amide bonds. The van der Waals surface area contributed by atoms with Crippen molar-refractivity contribution in [2.45, 2.75) is 0 Å². The number of hydrogen-bond acceptors (Lipinski definition) is 6. The molecule has 0 unspecified atom stereocenters. The molecule has 7 nitrogen and oxygen atoms in total. The van der Waals surface area contributed by atoms with Crippen molar-refractivity contribution < 1.29 is 13.7 Å². The molecule has 0 bridgehead atoms. The largest absolute Gasteiger partial charge is 0.403 e. The molecule has 0 aliphatic heterocycles. The second-order valence-corrected chi connectivity index (χ2v) is 4.67. The molecule has 3 rings (SSSR count). The average molecular weight is 335 g/mol. The first-order chi connectivity index (χ1) is 9.72. The number of nitrogens with zero attached hydrogens (tertiary/aromatic N) is 3. The summed E-state index contributed by atoms with van der Waals surface area (Å²) in [5.74, 6) is -0.140. The Kier molecular flexibility index (Phi) is 3.30. The summed E-state index contributed by atoms with van der Waals surface area (Å²) in [4.78, 5) is 11.7. The zero-order chi connectivity index (χ0) is 13.9. The number of carbonyl (C=O) groups excluding carboxylic acids is 1. The number of rotatable bonds is 3. The first kappa shape index (κ1) is 12.5. The van der Waals surface area contributed by atoms with Crippen LogP contribution in [0.5, 0.6) is 0 Å². The molecule has 2 aromatic heterocycles. The molecule has 0 fully saturated rings. The SMILES string of the molecule is O=C(Nc1nnc(-c2cccc(Br)c2)o1)c1ccno1. The maximum absolute atomic E-state index is 11.7. The number of hydrogen-bond donors (Lipinski definition) is 1. The monoisotopic (exact) mass is 334 g/mol. The summed E-state index contributed by atoms with van der Waals surface area (Å²) in [6.45, 7) is 0. The van der Waals surface area contributed by atoms with E-state index in [1.54, 1.807) is 0 Å². The zero-order valence-corrected chi connectivity index (χ0v) is 11.5. The smallest absolute Gasteiger partial charge is 0.322 e. The molecule has 1 aromatic carbocycles. The normalized spacial score (nSPS) is 10.4. The van der Waals surface area contributed by atoms with Gasteiger partial charge >= 0.3 is 6.01 Å². The summed E-state index contributed by atoms with van der Waals surface area (Å²) in [5.41, 5.74) is 0.743. The van der Waals surface area contributed by atoms with Gasteiger partial charge in [0.25, 0.3) is 5.91 Å². The molecule has 1 N–H and O–H groups in total. The molecular formula is C12H7BrN4O3. The van der Waals surface area contributed by atoms with Crippen molar-refractivity contribution in [1.82, 2.24) is 15.4 Å². The van der Waals surface area contributed by atoms with Crippen LogP contribution in [0, 0.1) is 0 Å². The fourth-order valence-corrected chi connectivity index (χ4v) is 1.90. The van der Waals surface area contributed by atoms with E-state index >= 15 is 0 Å². The van der Waals surface area contributed by atoms with Gasteiger partial charge in [-0.3, -0.25) is 10.1 Å². The lowest BCUT2D eigenvalue weighted by Gasteiger charge is -1.96. The van der Waals surface area contributed by atoms with Gasteiger partial charge in [-0.25, -0.2) is 0 Å². The van der Waals surface area contributed by atoms with Crippen LogP contribution in [0.3, 0.4) is 0 Å². The topological polar surface area (TPSA) is 94.1 Å². The minimum Gasteiger partial charge on any atom is -0.403 e. The highest BCUT2D eigenvalue weighted by molar-refractivity contribution is 9.10. The lowest BCUT2D eigenvalue weighted by molar-refractivity contribution is 0.0985. The Labute approximate surface area is 121 Å². The summed E-state index contributed by atoms with van der Waals surface area (Å²) in [7, 11) is 0. The van der Waals surface area contributed by atoms with E-state index < -0.39 is 5.91 Å². The van der Waals surface area contributed by atoms with Crippen LogP contribution >= 0.6 is 15.9 Å². The number of anilines is 1. The van der Waals surface area contributed by atoms with Crippen LogP contribution in [0.4, 0.5) is 6.01 Å². The van der Waals surface area contributed by atoms with Crippen molar-refractivity contribution in [3.63, 3.8) is 0 Å². The number of halogens is 1. The molecule has 0 spiro atoms. The van der Waals surface area contributed by atoms with Crippen LogP contribution < -0.4 is 5.32 Å². The van der Waals surface area contributed by atoms with Crippen LogP contribution in [-0.4, -0.2) is 21.3 Å². The number of aromatic nitrogens is 3. The van der Waals surface area contributed by atoms with E-state index in [0.717, 1.165) is 10.0 Å². The molecule has 3 aromatic rings. The molecule has 100 valence electrons. The van der Waals surface area contributed by atoms with E-state index in [9.17, 15) is 4.79 Å². The summed E-state index contributed by atoms with van der Waals surface area (Å²) in [5, 5.41) is 13.5. The highest BCUT2D eigenvalue weighted by Crippen LogP contribution is 2.23. The lowest BCUT2D eigenvalue weighted by Crippen LogP contribution is -2.11. The molecule has 0 saturated heterocycles. The van der Waals surface area contributed by atoms with E-state index in [0.29, 0.717) is 5.89 Å². The second-order valence-electron chi connectivity index (χ2n) is 3.75. The van der Waals surface area contributed by atoms with Crippen LogP contribution in [-0.2, 0) is 0 Å². The Morgan fingerprint density at radius 1 is 1.25 bits per heavy atom. The summed E-state index contributed by atoms with van der Waals surface area (Å²) < 4.78 is 11.0. The van der Waals surface area contributed by atoms with E-state index in [2.05, 4.69) is 36.6 Å². The molecule has 2 heterocycles. The molecule has 8 heteroatoms.